The lowest BCUT2D eigenvalue weighted by Gasteiger charge is -2.09. The number of carbonyl (C=O) groups excluding carboxylic acids is 1. The van der Waals surface area contributed by atoms with Gasteiger partial charge in [-0.15, -0.1) is 0 Å². The van der Waals surface area contributed by atoms with Crippen LogP contribution in [0.4, 0.5) is 11.4 Å². The van der Waals surface area contributed by atoms with Crippen LogP contribution in [0.2, 0.25) is 0 Å². The third kappa shape index (κ3) is 4.36. The Balaban J connectivity index is 1.65. The minimum absolute atomic E-state index is 0.0445. The summed E-state index contributed by atoms with van der Waals surface area (Å²) in [6.07, 6.45) is 0. The van der Waals surface area contributed by atoms with Gasteiger partial charge >= 0.3 is 5.97 Å². The maximum absolute atomic E-state index is 12.8. The lowest BCUT2D eigenvalue weighted by molar-refractivity contribution is 0.0698. The summed E-state index contributed by atoms with van der Waals surface area (Å²) in [5.74, 6) is -2.37. The van der Waals surface area contributed by atoms with E-state index in [-0.39, 0.29) is 38.5 Å². The lowest BCUT2D eigenvalue weighted by Crippen LogP contribution is -2.15. The van der Waals surface area contributed by atoms with Gasteiger partial charge < -0.3 is 14.9 Å². The molecule has 0 aliphatic carbocycles. The van der Waals surface area contributed by atoms with Crippen molar-refractivity contribution in [2.75, 3.05) is 10.0 Å². The van der Waals surface area contributed by atoms with Crippen LogP contribution in [0, 0.1) is 11.3 Å². The number of benzene rings is 3. The first-order valence-corrected chi connectivity index (χ1v) is 10.8. The molecule has 0 fully saturated rings. The van der Waals surface area contributed by atoms with E-state index in [4.69, 9.17) is 9.78 Å². The van der Waals surface area contributed by atoms with Gasteiger partial charge in [0.15, 0.2) is 0 Å². The van der Waals surface area contributed by atoms with Gasteiger partial charge in [-0.3, -0.25) is 9.52 Å². The van der Waals surface area contributed by atoms with E-state index in [2.05, 4.69) is 15.2 Å². The molecule has 0 bridgehead atoms. The number of nitrogens with zero attached hydrogens (tertiary/aromatic N) is 2. The Labute approximate surface area is 187 Å². The fourth-order valence-electron chi connectivity index (χ4n) is 3.06. The highest BCUT2D eigenvalue weighted by atomic mass is 32.2. The second kappa shape index (κ2) is 8.45. The van der Waals surface area contributed by atoms with Gasteiger partial charge in [-0.1, -0.05) is 23.4 Å². The van der Waals surface area contributed by atoms with Crippen LogP contribution in [0.15, 0.2) is 76.1 Å². The van der Waals surface area contributed by atoms with Crippen molar-refractivity contribution in [3.63, 3.8) is 0 Å². The standard InChI is InChI=1S/C22H14N4O6S/c23-12-13-6-8-18(17(10-13)22(28)29)24-21(27)20-16-11-14(7-9-19(16)25-32-20)26-33(30,31)15-4-2-1-3-5-15/h1-11,26H,(H,24,27)(H,28,29). The molecule has 0 aliphatic rings. The van der Waals surface area contributed by atoms with Gasteiger partial charge in [0.2, 0.25) is 5.76 Å². The summed E-state index contributed by atoms with van der Waals surface area (Å²) < 4.78 is 32.7. The molecule has 3 N–H and O–H groups in total. The summed E-state index contributed by atoms with van der Waals surface area (Å²) >= 11 is 0. The minimum Gasteiger partial charge on any atom is -0.478 e. The van der Waals surface area contributed by atoms with E-state index >= 15 is 0 Å². The topological polar surface area (TPSA) is 162 Å². The molecule has 164 valence electrons. The van der Waals surface area contributed by atoms with E-state index in [1.54, 1.807) is 18.2 Å². The van der Waals surface area contributed by atoms with Crippen LogP contribution in [0.1, 0.15) is 26.5 Å². The molecule has 4 aromatic rings. The zero-order valence-corrected chi connectivity index (χ0v) is 17.5. The summed E-state index contributed by atoms with van der Waals surface area (Å²) in [6.45, 7) is 0. The third-order valence-electron chi connectivity index (χ3n) is 4.62. The molecule has 10 nitrogen and oxygen atoms in total. The van der Waals surface area contributed by atoms with Crippen molar-refractivity contribution in [1.29, 1.82) is 5.26 Å². The Kier molecular flexibility index (Phi) is 5.51. The predicted molar refractivity (Wildman–Crippen MR) is 117 cm³/mol. The molecule has 0 spiro atoms. The average Bonchev–Trinajstić information content (AvgIpc) is 3.23. The highest BCUT2D eigenvalue weighted by Gasteiger charge is 2.21. The Bertz CT molecular complexity index is 1540. The molecule has 0 atom stereocenters. The van der Waals surface area contributed by atoms with Gasteiger partial charge in [-0.25, -0.2) is 13.2 Å². The first kappa shape index (κ1) is 21.5. The second-order valence-corrected chi connectivity index (χ2v) is 8.48. The number of carboxylic acids is 1. The number of anilines is 2. The van der Waals surface area contributed by atoms with Crippen molar-refractivity contribution in [2.24, 2.45) is 0 Å². The molecule has 0 unspecified atom stereocenters. The van der Waals surface area contributed by atoms with E-state index in [1.807, 2.05) is 6.07 Å². The van der Waals surface area contributed by atoms with Gasteiger partial charge in [0, 0.05) is 5.69 Å². The molecule has 4 rings (SSSR count). The zero-order valence-electron chi connectivity index (χ0n) is 16.6. The van der Waals surface area contributed by atoms with Crippen LogP contribution >= 0.6 is 0 Å². The van der Waals surface area contributed by atoms with Gasteiger partial charge in [0.1, 0.15) is 5.52 Å². The number of nitriles is 1. The smallest absolute Gasteiger partial charge is 0.337 e. The highest BCUT2D eigenvalue weighted by molar-refractivity contribution is 7.92. The fourth-order valence-corrected chi connectivity index (χ4v) is 4.13. The Morgan fingerprint density at radius 3 is 2.48 bits per heavy atom. The van der Waals surface area contributed by atoms with Gasteiger partial charge in [-0.2, -0.15) is 5.26 Å². The Hall–Kier alpha value is -4.69. The molecule has 1 heterocycles. The Morgan fingerprint density at radius 1 is 1.03 bits per heavy atom. The molecule has 0 saturated heterocycles. The van der Waals surface area contributed by atoms with E-state index in [0.29, 0.717) is 5.52 Å². The number of nitrogens with one attached hydrogen (secondary N) is 2. The number of sulfonamides is 1. The third-order valence-corrected chi connectivity index (χ3v) is 6.01. The zero-order chi connectivity index (χ0) is 23.6. The number of carboxylic acid groups (broad SMARTS) is 1. The number of aromatic carboxylic acids is 1. The molecule has 3 aromatic carbocycles. The number of fused-ring (bicyclic) bond motifs is 1. The van der Waals surface area contributed by atoms with Gasteiger partial charge in [0.25, 0.3) is 15.9 Å². The summed E-state index contributed by atoms with van der Waals surface area (Å²) in [4.78, 5) is 24.4. The molecule has 33 heavy (non-hydrogen) atoms. The number of rotatable bonds is 6. The van der Waals surface area contributed by atoms with Crippen LogP contribution in [0.3, 0.4) is 0 Å². The van der Waals surface area contributed by atoms with Gasteiger partial charge in [0.05, 0.1) is 33.2 Å². The van der Waals surface area contributed by atoms with Crippen molar-refractivity contribution < 1.29 is 27.6 Å². The van der Waals surface area contributed by atoms with Crippen LogP contribution in [-0.2, 0) is 10.0 Å². The molecule has 0 radical (unpaired) electrons. The monoisotopic (exact) mass is 462 g/mol. The van der Waals surface area contributed by atoms with E-state index in [9.17, 15) is 23.1 Å². The molecule has 1 aromatic heterocycles. The molecule has 1 amide bonds. The summed E-state index contributed by atoms with van der Waals surface area (Å²) in [7, 11) is -3.86. The van der Waals surface area contributed by atoms with E-state index < -0.39 is 21.9 Å². The lowest BCUT2D eigenvalue weighted by atomic mass is 10.1. The fraction of sp³-hybridized carbons (Fsp3) is 0. The molecular formula is C22H14N4O6S. The molecular weight excluding hydrogens is 448 g/mol. The number of carbonyl (C=O) groups is 2. The molecule has 11 heteroatoms. The van der Waals surface area contributed by atoms with Crippen molar-refractivity contribution in [1.82, 2.24) is 5.16 Å². The first-order chi connectivity index (χ1) is 15.8. The number of hydrogen-bond donors (Lipinski definition) is 3. The second-order valence-electron chi connectivity index (χ2n) is 6.79. The van der Waals surface area contributed by atoms with Gasteiger partial charge in [-0.05, 0) is 48.5 Å². The van der Waals surface area contributed by atoms with Crippen molar-refractivity contribution in [3.8, 4) is 6.07 Å². The normalized spacial score (nSPS) is 11.0. The summed E-state index contributed by atoms with van der Waals surface area (Å²) in [5, 5.41) is 24.8. The summed E-state index contributed by atoms with van der Waals surface area (Å²) in [6, 6.07) is 17.7. The number of hydrogen-bond acceptors (Lipinski definition) is 7. The average molecular weight is 462 g/mol. The maximum atomic E-state index is 12.8. The van der Waals surface area contributed by atoms with Crippen LogP contribution in [0.25, 0.3) is 10.9 Å². The Morgan fingerprint density at radius 2 is 1.79 bits per heavy atom. The SMILES string of the molecule is N#Cc1ccc(NC(=O)c2onc3ccc(NS(=O)(=O)c4ccccc4)cc23)c(C(=O)O)c1. The minimum atomic E-state index is -3.86. The van der Waals surface area contributed by atoms with E-state index in [1.165, 1.54) is 42.5 Å². The molecule has 0 aliphatic heterocycles. The number of aromatic nitrogens is 1. The predicted octanol–water partition coefficient (Wildman–Crippen LogP) is 3.45. The van der Waals surface area contributed by atoms with Crippen LogP contribution in [0.5, 0.6) is 0 Å². The quantitative estimate of drug-likeness (QED) is 0.392. The number of amides is 1. The highest BCUT2D eigenvalue weighted by Crippen LogP contribution is 2.26. The summed E-state index contributed by atoms with van der Waals surface area (Å²) in [5.41, 5.74) is 0.264. The van der Waals surface area contributed by atoms with E-state index in [0.717, 1.165) is 6.07 Å². The largest absolute Gasteiger partial charge is 0.478 e. The maximum Gasteiger partial charge on any atom is 0.337 e. The first-order valence-electron chi connectivity index (χ1n) is 9.34. The van der Waals surface area contributed by atoms with Crippen LogP contribution in [-0.4, -0.2) is 30.6 Å². The van der Waals surface area contributed by atoms with Crippen molar-refractivity contribution >= 4 is 44.2 Å². The van der Waals surface area contributed by atoms with Crippen LogP contribution < -0.4 is 10.0 Å². The van der Waals surface area contributed by atoms with Crippen molar-refractivity contribution in [2.45, 2.75) is 4.90 Å². The molecule has 0 saturated carbocycles. The van der Waals surface area contributed by atoms with Crippen molar-refractivity contribution in [3.05, 3.63) is 83.6 Å².